The van der Waals surface area contributed by atoms with Crippen LogP contribution in [0.25, 0.3) is 0 Å². The smallest absolute Gasteiger partial charge is 0.193 e. The Balaban J connectivity index is 2.30. The molecule has 1 heterocycles. The molecule has 1 aromatic carbocycles. The minimum atomic E-state index is -0.748. The highest BCUT2D eigenvalue weighted by Gasteiger charge is 2.39. The van der Waals surface area contributed by atoms with Crippen LogP contribution in [0, 0.1) is 0 Å². The van der Waals surface area contributed by atoms with Crippen molar-refractivity contribution in [3.8, 4) is 0 Å². The van der Waals surface area contributed by atoms with E-state index in [0.29, 0.717) is 16.7 Å². The van der Waals surface area contributed by atoms with Crippen molar-refractivity contribution in [2.45, 2.75) is 32.2 Å². The summed E-state index contributed by atoms with van der Waals surface area (Å²) < 4.78 is 11.6. The van der Waals surface area contributed by atoms with E-state index in [4.69, 9.17) is 32.7 Å². The molecule has 0 amide bonds. The lowest BCUT2D eigenvalue weighted by atomic mass is 10.1. The van der Waals surface area contributed by atoms with Gasteiger partial charge in [0.05, 0.1) is 17.7 Å². The van der Waals surface area contributed by atoms with Gasteiger partial charge in [-0.3, -0.25) is 0 Å². The summed E-state index contributed by atoms with van der Waals surface area (Å²) >= 11 is 12.0. The highest BCUT2D eigenvalue weighted by molar-refractivity contribution is 6.35. The maximum Gasteiger partial charge on any atom is 0.193 e. The molecule has 16 heavy (non-hydrogen) atoms. The summed E-state index contributed by atoms with van der Waals surface area (Å²) in [5, 5.41) is 1.19. The fraction of sp³-hybridized carbons (Fsp3) is 0.500. The lowest BCUT2D eigenvalue weighted by molar-refractivity contribution is -0.161. The van der Waals surface area contributed by atoms with Gasteiger partial charge in [0.1, 0.15) is 0 Å². The van der Waals surface area contributed by atoms with Crippen LogP contribution in [-0.4, -0.2) is 12.7 Å². The van der Waals surface area contributed by atoms with Gasteiger partial charge in [-0.05, 0) is 25.5 Å². The standard InChI is InChI=1S/C12H14Cl2O2/c1-3-9-7-15-12(2,16-9)10-5-4-8(13)6-11(10)14/h4-6,9H,3,7H2,1-2H3/t9-,12+/m1/s1. The Kier molecular flexibility index (Phi) is 3.45. The number of hydrogen-bond donors (Lipinski definition) is 0. The van der Waals surface area contributed by atoms with E-state index in [1.165, 1.54) is 0 Å². The molecule has 1 saturated heterocycles. The quantitative estimate of drug-likeness (QED) is 0.801. The van der Waals surface area contributed by atoms with E-state index in [1.54, 1.807) is 12.1 Å². The Bertz CT molecular complexity index is 395. The SMILES string of the molecule is CC[C@@H]1CO[C@](C)(c2ccc(Cl)cc2Cl)O1. The number of rotatable bonds is 2. The fourth-order valence-electron chi connectivity index (χ4n) is 1.84. The van der Waals surface area contributed by atoms with Crippen molar-refractivity contribution < 1.29 is 9.47 Å². The van der Waals surface area contributed by atoms with E-state index in [2.05, 4.69) is 6.92 Å². The fourth-order valence-corrected chi connectivity index (χ4v) is 2.42. The maximum atomic E-state index is 6.15. The Morgan fingerprint density at radius 2 is 2.19 bits per heavy atom. The first kappa shape index (κ1) is 12.2. The van der Waals surface area contributed by atoms with Gasteiger partial charge in [-0.15, -0.1) is 0 Å². The van der Waals surface area contributed by atoms with Crippen LogP contribution in [0.2, 0.25) is 10.0 Å². The average molecular weight is 261 g/mol. The van der Waals surface area contributed by atoms with Crippen LogP contribution in [0.1, 0.15) is 25.8 Å². The van der Waals surface area contributed by atoms with E-state index in [9.17, 15) is 0 Å². The molecule has 1 aliphatic rings. The molecule has 88 valence electrons. The average Bonchev–Trinajstić information content (AvgIpc) is 2.61. The van der Waals surface area contributed by atoms with Gasteiger partial charge in [0.15, 0.2) is 5.79 Å². The van der Waals surface area contributed by atoms with E-state index in [1.807, 2.05) is 13.0 Å². The second-order valence-corrected chi connectivity index (χ2v) is 4.87. The molecule has 0 radical (unpaired) electrons. The van der Waals surface area contributed by atoms with E-state index in [0.717, 1.165) is 12.0 Å². The molecular weight excluding hydrogens is 247 g/mol. The summed E-state index contributed by atoms with van der Waals surface area (Å²) in [4.78, 5) is 0. The summed E-state index contributed by atoms with van der Waals surface area (Å²) in [6.45, 7) is 4.56. The summed E-state index contributed by atoms with van der Waals surface area (Å²) in [5.74, 6) is -0.748. The molecule has 1 fully saturated rings. The molecule has 2 rings (SSSR count). The molecule has 0 unspecified atom stereocenters. The second-order valence-electron chi connectivity index (χ2n) is 4.03. The van der Waals surface area contributed by atoms with E-state index in [-0.39, 0.29) is 6.10 Å². The van der Waals surface area contributed by atoms with Gasteiger partial charge in [-0.25, -0.2) is 0 Å². The molecule has 0 saturated carbocycles. The van der Waals surface area contributed by atoms with Crippen molar-refractivity contribution >= 4 is 23.2 Å². The first-order valence-corrected chi connectivity index (χ1v) is 6.08. The van der Waals surface area contributed by atoms with Gasteiger partial charge in [0.2, 0.25) is 0 Å². The van der Waals surface area contributed by atoms with Gasteiger partial charge in [-0.1, -0.05) is 36.2 Å². The molecule has 1 aromatic rings. The van der Waals surface area contributed by atoms with Crippen LogP contribution in [-0.2, 0) is 15.3 Å². The third-order valence-corrected chi connectivity index (χ3v) is 3.36. The van der Waals surface area contributed by atoms with Gasteiger partial charge >= 0.3 is 0 Å². The molecule has 0 N–H and O–H groups in total. The van der Waals surface area contributed by atoms with Crippen LogP contribution in [0.5, 0.6) is 0 Å². The predicted molar refractivity (Wildman–Crippen MR) is 64.9 cm³/mol. The van der Waals surface area contributed by atoms with Crippen LogP contribution in [0.4, 0.5) is 0 Å². The predicted octanol–water partition coefficient (Wildman–Crippen LogP) is 3.99. The largest absolute Gasteiger partial charge is 0.343 e. The molecule has 4 heteroatoms. The third-order valence-electron chi connectivity index (χ3n) is 2.81. The van der Waals surface area contributed by atoms with Crippen molar-refractivity contribution in [2.75, 3.05) is 6.61 Å². The Hall–Kier alpha value is -0.280. The third kappa shape index (κ3) is 2.21. The minimum Gasteiger partial charge on any atom is -0.343 e. The number of ether oxygens (including phenoxy) is 2. The topological polar surface area (TPSA) is 18.5 Å². The lowest BCUT2D eigenvalue weighted by Crippen LogP contribution is -2.24. The molecule has 0 bridgehead atoms. The lowest BCUT2D eigenvalue weighted by Gasteiger charge is -2.24. The normalized spacial score (nSPS) is 29.6. The molecular formula is C12H14Cl2O2. The zero-order chi connectivity index (χ0) is 11.8. The van der Waals surface area contributed by atoms with Crippen LogP contribution < -0.4 is 0 Å². The van der Waals surface area contributed by atoms with Gasteiger partial charge in [0, 0.05) is 10.6 Å². The van der Waals surface area contributed by atoms with Crippen molar-refractivity contribution in [3.63, 3.8) is 0 Å². The Morgan fingerprint density at radius 1 is 1.44 bits per heavy atom. The summed E-state index contributed by atoms with van der Waals surface area (Å²) in [7, 11) is 0. The number of hydrogen-bond acceptors (Lipinski definition) is 2. The monoisotopic (exact) mass is 260 g/mol. The van der Waals surface area contributed by atoms with Crippen molar-refractivity contribution in [1.82, 2.24) is 0 Å². The Morgan fingerprint density at radius 3 is 2.75 bits per heavy atom. The highest BCUT2D eigenvalue weighted by Crippen LogP contribution is 2.39. The number of halogens is 2. The molecule has 0 aliphatic carbocycles. The zero-order valence-corrected chi connectivity index (χ0v) is 10.8. The van der Waals surface area contributed by atoms with Crippen LogP contribution in [0.3, 0.4) is 0 Å². The van der Waals surface area contributed by atoms with Crippen LogP contribution in [0.15, 0.2) is 18.2 Å². The number of benzene rings is 1. The molecule has 1 aliphatic heterocycles. The maximum absolute atomic E-state index is 6.15. The van der Waals surface area contributed by atoms with E-state index >= 15 is 0 Å². The van der Waals surface area contributed by atoms with Gasteiger partial charge in [-0.2, -0.15) is 0 Å². The van der Waals surface area contributed by atoms with Crippen molar-refractivity contribution in [2.24, 2.45) is 0 Å². The minimum absolute atomic E-state index is 0.136. The van der Waals surface area contributed by atoms with E-state index < -0.39 is 5.79 Å². The summed E-state index contributed by atoms with van der Waals surface area (Å²) in [6, 6.07) is 5.35. The Labute approximate surface area is 105 Å². The summed E-state index contributed by atoms with van der Waals surface area (Å²) in [5.41, 5.74) is 0.828. The molecule has 2 nitrogen and oxygen atoms in total. The highest BCUT2D eigenvalue weighted by atomic mass is 35.5. The molecule has 0 aromatic heterocycles. The summed E-state index contributed by atoms with van der Waals surface area (Å²) in [6.07, 6.45) is 1.07. The zero-order valence-electron chi connectivity index (χ0n) is 9.30. The van der Waals surface area contributed by atoms with Crippen molar-refractivity contribution in [1.29, 1.82) is 0 Å². The van der Waals surface area contributed by atoms with Gasteiger partial charge < -0.3 is 9.47 Å². The van der Waals surface area contributed by atoms with Crippen LogP contribution >= 0.6 is 23.2 Å². The first-order valence-electron chi connectivity index (χ1n) is 5.32. The molecule has 0 spiro atoms. The molecule has 2 atom stereocenters. The second kappa shape index (κ2) is 4.53. The van der Waals surface area contributed by atoms with Gasteiger partial charge in [0.25, 0.3) is 0 Å². The van der Waals surface area contributed by atoms with Crippen molar-refractivity contribution in [3.05, 3.63) is 33.8 Å². The first-order chi connectivity index (χ1) is 7.55.